The second kappa shape index (κ2) is 8.11. The van der Waals surface area contributed by atoms with Crippen molar-refractivity contribution in [1.29, 1.82) is 0 Å². The average molecular weight is 258 g/mol. The van der Waals surface area contributed by atoms with Gasteiger partial charge in [0, 0.05) is 13.8 Å². The lowest BCUT2D eigenvalue weighted by molar-refractivity contribution is -0.153. The predicted molar refractivity (Wildman–Crippen MR) is 70.2 cm³/mol. The van der Waals surface area contributed by atoms with Crippen LogP contribution in [0.5, 0.6) is 0 Å². The van der Waals surface area contributed by atoms with Crippen LogP contribution in [0, 0.1) is 17.8 Å². The zero-order valence-corrected chi connectivity index (χ0v) is 12.1. The predicted octanol–water partition coefficient (Wildman–Crippen LogP) is 3.10. The standard InChI is InChI=1S/C12H22O2.C2H4O2/c1-8(2)11-6-5-9(3)7-12(11)14-10(4)13;1-2(3)4/h8-9,11-12H,5-7H2,1-4H3;1H3,(H,3,4). The summed E-state index contributed by atoms with van der Waals surface area (Å²) in [6.07, 6.45) is 3.69. The molecule has 0 saturated heterocycles. The van der Waals surface area contributed by atoms with E-state index in [1.165, 1.54) is 19.8 Å². The fourth-order valence-corrected chi connectivity index (χ4v) is 2.46. The van der Waals surface area contributed by atoms with E-state index in [1.807, 2.05) is 0 Å². The molecule has 0 amide bonds. The van der Waals surface area contributed by atoms with Gasteiger partial charge in [0.2, 0.25) is 0 Å². The number of rotatable bonds is 2. The van der Waals surface area contributed by atoms with Crippen LogP contribution >= 0.6 is 0 Å². The number of aliphatic carboxylic acids is 1. The molecule has 0 spiro atoms. The fourth-order valence-electron chi connectivity index (χ4n) is 2.46. The quantitative estimate of drug-likeness (QED) is 0.773. The lowest BCUT2D eigenvalue weighted by atomic mass is 9.75. The van der Waals surface area contributed by atoms with E-state index in [9.17, 15) is 4.79 Å². The van der Waals surface area contributed by atoms with Gasteiger partial charge < -0.3 is 9.84 Å². The van der Waals surface area contributed by atoms with Crippen molar-refractivity contribution in [3.8, 4) is 0 Å². The van der Waals surface area contributed by atoms with E-state index in [4.69, 9.17) is 14.6 Å². The van der Waals surface area contributed by atoms with Gasteiger partial charge in [-0.15, -0.1) is 0 Å². The average Bonchev–Trinajstić information content (AvgIpc) is 2.14. The van der Waals surface area contributed by atoms with E-state index in [-0.39, 0.29) is 12.1 Å². The molecule has 0 aromatic carbocycles. The first-order chi connectivity index (χ1) is 8.23. The van der Waals surface area contributed by atoms with Gasteiger partial charge in [-0.2, -0.15) is 0 Å². The Labute approximate surface area is 110 Å². The Morgan fingerprint density at radius 3 is 2.11 bits per heavy atom. The maximum absolute atomic E-state index is 11.0. The lowest BCUT2D eigenvalue weighted by Crippen LogP contribution is -2.35. The molecule has 4 heteroatoms. The number of carboxylic acids is 1. The Hall–Kier alpha value is -1.06. The molecule has 18 heavy (non-hydrogen) atoms. The summed E-state index contributed by atoms with van der Waals surface area (Å²) in [5.41, 5.74) is 0. The summed E-state index contributed by atoms with van der Waals surface area (Å²) in [7, 11) is 0. The number of ether oxygens (including phenoxy) is 1. The molecule has 106 valence electrons. The molecule has 0 heterocycles. The summed E-state index contributed by atoms with van der Waals surface area (Å²) in [6, 6.07) is 0. The zero-order chi connectivity index (χ0) is 14.3. The third-order valence-electron chi connectivity index (χ3n) is 3.28. The minimum absolute atomic E-state index is 0.130. The van der Waals surface area contributed by atoms with Crippen molar-refractivity contribution >= 4 is 11.9 Å². The summed E-state index contributed by atoms with van der Waals surface area (Å²) >= 11 is 0. The van der Waals surface area contributed by atoms with Crippen molar-refractivity contribution in [2.75, 3.05) is 0 Å². The topological polar surface area (TPSA) is 63.6 Å². The third kappa shape index (κ3) is 7.30. The molecule has 3 atom stereocenters. The summed E-state index contributed by atoms with van der Waals surface area (Å²) < 4.78 is 5.40. The molecule has 0 aromatic heterocycles. The van der Waals surface area contributed by atoms with Gasteiger partial charge in [-0.05, 0) is 30.6 Å². The zero-order valence-electron chi connectivity index (χ0n) is 12.1. The van der Waals surface area contributed by atoms with Gasteiger partial charge >= 0.3 is 5.97 Å². The number of esters is 1. The Bertz CT molecular complexity index is 269. The largest absolute Gasteiger partial charge is 0.481 e. The van der Waals surface area contributed by atoms with Crippen LogP contribution in [0.3, 0.4) is 0 Å². The number of carbonyl (C=O) groups is 2. The van der Waals surface area contributed by atoms with E-state index in [1.54, 1.807) is 0 Å². The van der Waals surface area contributed by atoms with Crippen molar-refractivity contribution in [3.05, 3.63) is 0 Å². The summed E-state index contributed by atoms with van der Waals surface area (Å²) in [5.74, 6) is 0.922. The van der Waals surface area contributed by atoms with Gasteiger partial charge in [0.15, 0.2) is 0 Å². The molecule has 0 bridgehead atoms. The van der Waals surface area contributed by atoms with E-state index < -0.39 is 5.97 Å². The summed E-state index contributed by atoms with van der Waals surface area (Å²) in [4.78, 5) is 20.0. The molecule has 1 saturated carbocycles. The maximum atomic E-state index is 11.0. The molecule has 1 aliphatic rings. The SMILES string of the molecule is CC(=O)O.CC(=O)OC1CC(C)CCC1C(C)C. The molecule has 4 nitrogen and oxygen atoms in total. The van der Waals surface area contributed by atoms with E-state index in [2.05, 4.69) is 20.8 Å². The molecule has 3 unspecified atom stereocenters. The normalized spacial score (nSPS) is 27.1. The van der Waals surface area contributed by atoms with E-state index in [0.29, 0.717) is 17.8 Å². The van der Waals surface area contributed by atoms with Gasteiger partial charge in [0.1, 0.15) is 6.10 Å². The van der Waals surface area contributed by atoms with E-state index in [0.717, 1.165) is 13.3 Å². The minimum Gasteiger partial charge on any atom is -0.481 e. The third-order valence-corrected chi connectivity index (χ3v) is 3.28. The van der Waals surface area contributed by atoms with Gasteiger partial charge in [-0.3, -0.25) is 9.59 Å². The van der Waals surface area contributed by atoms with Crippen LogP contribution in [0.4, 0.5) is 0 Å². The first-order valence-corrected chi connectivity index (χ1v) is 6.60. The van der Waals surface area contributed by atoms with Crippen molar-refractivity contribution in [1.82, 2.24) is 0 Å². The smallest absolute Gasteiger partial charge is 0.302 e. The van der Waals surface area contributed by atoms with Crippen molar-refractivity contribution in [2.45, 2.75) is 60.0 Å². The Morgan fingerprint density at radius 2 is 1.72 bits per heavy atom. The highest BCUT2D eigenvalue weighted by Crippen LogP contribution is 2.35. The Balaban J connectivity index is 0.000000631. The van der Waals surface area contributed by atoms with Crippen molar-refractivity contribution in [3.63, 3.8) is 0 Å². The van der Waals surface area contributed by atoms with Crippen LogP contribution in [-0.4, -0.2) is 23.1 Å². The molecular formula is C14H26O4. The summed E-state index contributed by atoms with van der Waals surface area (Å²) in [5, 5.41) is 7.42. The monoisotopic (exact) mass is 258 g/mol. The molecule has 1 rings (SSSR count). The Kier molecular flexibility index (Phi) is 7.64. The van der Waals surface area contributed by atoms with Crippen molar-refractivity contribution < 1.29 is 19.4 Å². The highest BCUT2D eigenvalue weighted by molar-refractivity contribution is 5.66. The Morgan fingerprint density at radius 1 is 1.22 bits per heavy atom. The van der Waals surface area contributed by atoms with Gasteiger partial charge in [-0.1, -0.05) is 27.2 Å². The van der Waals surface area contributed by atoms with Crippen LogP contribution in [0.2, 0.25) is 0 Å². The molecule has 1 N–H and O–H groups in total. The highest BCUT2D eigenvalue weighted by Gasteiger charge is 2.32. The first kappa shape index (κ1) is 16.9. The molecule has 0 aromatic rings. The second-order valence-corrected chi connectivity index (χ2v) is 5.49. The van der Waals surface area contributed by atoms with Gasteiger partial charge in [-0.25, -0.2) is 0 Å². The molecular weight excluding hydrogens is 232 g/mol. The number of carboxylic acid groups (broad SMARTS) is 1. The molecule has 1 fully saturated rings. The molecule has 0 aliphatic heterocycles. The van der Waals surface area contributed by atoms with Crippen LogP contribution in [-0.2, 0) is 14.3 Å². The maximum Gasteiger partial charge on any atom is 0.302 e. The van der Waals surface area contributed by atoms with Crippen LogP contribution in [0.1, 0.15) is 53.9 Å². The van der Waals surface area contributed by atoms with Gasteiger partial charge in [0.25, 0.3) is 5.97 Å². The number of hydrogen-bond acceptors (Lipinski definition) is 3. The number of carbonyl (C=O) groups excluding carboxylic acids is 1. The second-order valence-electron chi connectivity index (χ2n) is 5.49. The van der Waals surface area contributed by atoms with E-state index >= 15 is 0 Å². The van der Waals surface area contributed by atoms with Crippen molar-refractivity contribution in [2.24, 2.45) is 17.8 Å². The minimum atomic E-state index is -0.833. The van der Waals surface area contributed by atoms with Crippen LogP contribution in [0.25, 0.3) is 0 Å². The van der Waals surface area contributed by atoms with Gasteiger partial charge in [0.05, 0.1) is 0 Å². The molecule has 1 aliphatic carbocycles. The highest BCUT2D eigenvalue weighted by atomic mass is 16.5. The molecule has 0 radical (unpaired) electrons. The summed E-state index contributed by atoms with van der Waals surface area (Å²) in [6.45, 7) is 9.28. The first-order valence-electron chi connectivity index (χ1n) is 6.60. The lowest BCUT2D eigenvalue weighted by Gasteiger charge is -2.36. The fraction of sp³-hybridized carbons (Fsp3) is 0.857. The van der Waals surface area contributed by atoms with Crippen LogP contribution < -0.4 is 0 Å². The number of hydrogen-bond donors (Lipinski definition) is 1. The van der Waals surface area contributed by atoms with Crippen LogP contribution in [0.15, 0.2) is 0 Å².